The van der Waals surface area contributed by atoms with Crippen molar-refractivity contribution in [1.29, 1.82) is 0 Å². The van der Waals surface area contributed by atoms with E-state index < -0.39 is 5.97 Å². The lowest BCUT2D eigenvalue weighted by Crippen LogP contribution is -2.05. The van der Waals surface area contributed by atoms with Gasteiger partial charge < -0.3 is 14.6 Å². The minimum atomic E-state index is -0.878. The number of hydrogen-bond acceptors (Lipinski definition) is 5. The molecule has 0 fully saturated rings. The van der Waals surface area contributed by atoms with Crippen LogP contribution in [0.15, 0.2) is 67.1 Å². The highest BCUT2D eigenvalue weighted by atomic mass is 16.5. The zero-order valence-electron chi connectivity index (χ0n) is 18.4. The van der Waals surface area contributed by atoms with E-state index in [1.807, 2.05) is 60.8 Å². The fraction of sp³-hybridized carbons (Fsp3) is 0.192. The molecule has 1 atom stereocenters. The first-order chi connectivity index (χ1) is 16.1. The third-order valence-electron chi connectivity index (χ3n) is 5.25. The van der Waals surface area contributed by atoms with Gasteiger partial charge in [-0.15, -0.1) is 5.92 Å². The lowest BCUT2D eigenvalue weighted by atomic mass is 9.96. The largest absolute Gasteiger partial charge is 0.497 e. The van der Waals surface area contributed by atoms with Gasteiger partial charge in [-0.25, -0.2) is 9.50 Å². The van der Waals surface area contributed by atoms with Crippen LogP contribution in [0.25, 0.3) is 16.8 Å². The molecule has 166 valence electrons. The summed E-state index contributed by atoms with van der Waals surface area (Å²) in [7, 11) is 1.64. The number of methoxy groups -OCH3 is 1. The van der Waals surface area contributed by atoms with Gasteiger partial charge in [0, 0.05) is 17.3 Å². The Labute approximate surface area is 191 Å². The standard InChI is InChI=1S/C26H23N3O4/c1-3-4-20(14-25(30)31)18-7-11-24(12-8-18)33-16-22-13-21(15-29-26(22)27-17-28-29)19-5-9-23(32-2)10-6-19/h5-13,15,17,20H,14,16H2,1-2H3,(H,30,31). The monoisotopic (exact) mass is 441 g/mol. The summed E-state index contributed by atoms with van der Waals surface area (Å²) in [5.74, 6) is 6.00. The molecule has 1 unspecified atom stereocenters. The van der Waals surface area contributed by atoms with Gasteiger partial charge in [0.1, 0.15) is 24.4 Å². The third kappa shape index (κ3) is 5.13. The van der Waals surface area contributed by atoms with Gasteiger partial charge in [-0.1, -0.05) is 30.2 Å². The van der Waals surface area contributed by atoms with E-state index >= 15 is 0 Å². The van der Waals surface area contributed by atoms with Gasteiger partial charge in [-0.3, -0.25) is 4.79 Å². The van der Waals surface area contributed by atoms with Crippen LogP contribution in [-0.2, 0) is 11.4 Å². The molecule has 0 aliphatic carbocycles. The molecule has 0 saturated heterocycles. The molecular formula is C26H23N3O4. The maximum atomic E-state index is 11.1. The van der Waals surface area contributed by atoms with Crippen molar-refractivity contribution in [2.24, 2.45) is 0 Å². The molecule has 0 saturated carbocycles. The minimum Gasteiger partial charge on any atom is -0.497 e. The normalized spacial score (nSPS) is 11.5. The van der Waals surface area contributed by atoms with Crippen molar-refractivity contribution < 1.29 is 19.4 Å². The number of carbonyl (C=O) groups is 1. The molecule has 0 bridgehead atoms. The van der Waals surface area contributed by atoms with Crippen LogP contribution in [0.5, 0.6) is 11.5 Å². The zero-order chi connectivity index (χ0) is 23.2. The summed E-state index contributed by atoms with van der Waals surface area (Å²) in [6.07, 6.45) is 3.41. The molecule has 2 aromatic heterocycles. The van der Waals surface area contributed by atoms with Crippen LogP contribution in [0.1, 0.15) is 30.4 Å². The van der Waals surface area contributed by atoms with Crippen molar-refractivity contribution in [3.05, 3.63) is 78.2 Å². The lowest BCUT2D eigenvalue weighted by molar-refractivity contribution is -0.137. The Hall–Kier alpha value is -4.31. The van der Waals surface area contributed by atoms with Crippen LogP contribution in [0.2, 0.25) is 0 Å². The van der Waals surface area contributed by atoms with Crippen molar-refractivity contribution in [2.75, 3.05) is 7.11 Å². The number of nitrogens with zero attached hydrogens (tertiary/aromatic N) is 3. The predicted molar refractivity (Wildman–Crippen MR) is 124 cm³/mol. The van der Waals surface area contributed by atoms with Gasteiger partial charge in [0.25, 0.3) is 0 Å². The number of benzene rings is 2. The van der Waals surface area contributed by atoms with Crippen LogP contribution in [-0.4, -0.2) is 32.8 Å². The van der Waals surface area contributed by atoms with Gasteiger partial charge in [0.15, 0.2) is 5.65 Å². The van der Waals surface area contributed by atoms with Crippen LogP contribution in [0, 0.1) is 11.8 Å². The molecule has 7 nitrogen and oxygen atoms in total. The summed E-state index contributed by atoms with van der Waals surface area (Å²) in [5, 5.41) is 13.4. The molecular weight excluding hydrogens is 418 g/mol. The maximum absolute atomic E-state index is 11.1. The zero-order valence-corrected chi connectivity index (χ0v) is 18.4. The predicted octanol–water partition coefficient (Wildman–Crippen LogP) is 4.57. The van der Waals surface area contributed by atoms with E-state index in [-0.39, 0.29) is 12.3 Å². The second-order valence-corrected chi connectivity index (χ2v) is 7.41. The first-order valence-corrected chi connectivity index (χ1v) is 10.4. The number of carboxylic acids is 1. The minimum absolute atomic E-state index is 0.0376. The van der Waals surface area contributed by atoms with E-state index in [1.165, 1.54) is 6.33 Å². The molecule has 7 heteroatoms. The van der Waals surface area contributed by atoms with Crippen LogP contribution in [0.4, 0.5) is 0 Å². The van der Waals surface area contributed by atoms with E-state index in [0.717, 1.165) is 33.7 Å². The van der Waals surface area contributed by atoms with Gasteiger partial charge in [0.05, 0.1) is 19.4 Å². The molecule has 1 N–H and O–H groups in total. The Morgan fingerprint density at radius 3 is 2.48 bits per heavy atom. The lowest BCUT2D eigenvalue weighted by Gasteiger charge is -2.12. The molecule has 0 spiro atoms. The number of rotatable bonds is 8. The number of aliphatic carboxylic acids is 1. The summed E-state index contributed by atoms with van der Waals surface area (Å²) in [6, 6.07) is 17.2. The molecule has 0 amide bonds. The summed E-state index contributed by atoms with van der Waals surface area (Å²) in [4.78, 5) is 15.5. The summed E-state index contributed by atoms with van der Waals surface area (Å²) in [6.45, 7) is 2.01. The van der Waals surface area contributed by atoms with E-state index in [4.69, 9.17) is 14.6 Å². The fourth-order valence-electron chi connectivity index (χ4n) is 3.60. The Morgan fingerprint density at radius 2 is 1.82 bits per heavy atom. The van der Waals surface area contributed by atoms with E-state index in [1.54, 1.807) is 18.5 Å². The topological polar surface area (TPSA) is 86.0 Å². The van der Waals surface area contributed by atoms with Crippen LogP contribution >= 0.6 is 0 Å². The highest BCUT2D eigenvalue weighted by molar-refractivity contribution is 5.69. The fourth-order valence-corrected chi connectivity index (χ4v) is 3.60. The van der Waals surface area contributed by atoms with Gasteiger partial charge in [-0.2, -0.15) is 5.10 Å². The molecule has 33 heavy (non-hydrogen) atoms. The van der Waals surface area contributed by atoms with Crippen molar-refractivity contribution in [3.63, 3.8) is 0 Å². The SMILES string of the molecule is CC#CC(CC(=O)O)c1ccc(OCc2cc(-c3ccc(OC)cc3)cn3ncnc23)cc1. The Morgan fingerprint density at radius 1 is 1.09 bits per heavy atom. The number of fused-ring (bicyclic) bond motifs is 1. The van der Waals surface area contributed by atoms with E-state index in [2.05, 4.69) is 21.9 Å². The Bertz CT molecular complexity index is 1320. The van der Waals surface area contributed by atoms with Crippen molar-refractivity contribution in [1.82, 2.24) is 14.6 Å². The summed E-state index contributed by atoms with van der Waals surface area (Å²) >= 11 is 0. The highest BCUT2D eigenvalue weighted by Crippen LogP contribution is 2.26. The second kappa shape index (κ2) is 9.88. The molecule has 2 aromatic carbocycles. The van der Waals surface area contributed by atoms with Crippen LogP contribution < -0.4 is 9.47 Å². The van der Waals surface area contributed by atoms with E-state index in [0.29, 0.717) is 12.4 Å². The van der Waals surface area contributed by atoms with Gasteiger partial charge in [-0.05, 0) is 48.4 Å². The molecule has 2 heterocycles. The maximum Gasteiger partial charge on any atom is 0.304 e. The smallest absolute Gasteiger partial charge is 0.304 e. The highest BCUT2D eigenvalue weighted by Gasteiger charge is 2.14. The number of pyridine rings is 1. The van der Waals surface area contributed by atoms with Gasteiger partial charge >= 0.3 is 5.97 Å². The van der Waals surface area contributed by atoms with Crippen LogP contribution in [0.3, 0.4) is 0 Å². The first-order valence-electron chi connectivity index (χ1n) is 10.4. The van der Waals surface area contributed by atoms with E-state index in [9.17, 15) is 4.79 Å². The molecule has 0 aliphatic rings. The number of carboxylic acid groups (broad SMARTS) is 1. The summed E-state index contributed by atoms with van der Waals surface area (Å²) < 4.78 is 13.0. The Balaban J connectivity index is 1.54. The number of ether oxygens (including phenoxy) is 2. The van der Waals surface area contributed by atoms with Gasteiger partial charge in [0.2, 0.25) is 0 Å². The molecule has 4 aromatic rings. The molecule has 0 aliphatic heterocycles. The quantitative estimate of drug-likeness (QED) is 0.403. The average Bonchev–Trinajstić information content (AvgIpc) is 3.31. The Kier molecular flexibility index (Phi) is 6.56. The number of hydrogen-bond donors (Lipinski definition) is 1. The molecule has 0 radical (unpaired) electrons. The van der Waals surface area contributed by atoms with Crippen molar-refractivity contribution in [3.8, 4) is 34.5 Å². The summed E-state index contributed by atoms with van der Waals surface area (Å²) in [5.41, 5.74) is 4.48. The second-order valence-electron chi connectivity index (χ2n) is 7.41. The number of aromatic nitrogens is 3. The molecule has 4 rings (SSSR count). The average molecular weight is 441 g/mol. The van der Waals surface area contributed by atoms with Crippen molar-refractivity contribution >= 4 is 11.6 Å². The first kappa shape index (κ1) is 21.9. The van der Waals surface area contributed by atoms with Crippen molar-refractivity contribution in [2.45, 2.75) is 25.9 Å². The third-order valence-corrected chi connectivity index (χ3v) is 5.25.